The number of nitrogens with one attached hydrogen (secondary N) is 1. The highest BCUT2D eigenvalue weighted by Gasteiger charge is 2.18. The molecule has 1 atom stereocenters. The van der Waals surface area contributed by atoms with Gasteiger partial charge in [-0.1, -0.05) is 31.5 Å². The Morgan fingerprint density at radius 1 is 1.26 bits per heavy atom. The molecule has 0 aliphatic carbocycles. The fourth-order valence-corrected chi connectivity index (χ4v) is 1.89. The Hall–Kier alpha value is -1.84. The maximum absolute atomic E-state index is 11.8. The minimum Gasteiger partial charge on any atom is -0.480 e. The molecular weight excluding hydrogens is 242 g/mol. The van der Waals surface area contributed by atoms with Crippen LogP contribution in [-0.4, -0.2) is 23.0 Å². The van der Waals surface area contributed by atoms with Gasteiger partial charge in [-0.2, -0.15) is 0 Å². The average Bonchev–Trinajstić information content (AvgIpc) is 2.33. The van der Waals surface area contributed by atoms with Crippen molar-refractivity contribution in [2.75, 3.05) is 0 Å². The largest absolute Gasteiger partial charge is 0.480 e. The summed E-state index contributed by atoms with van der Waals surface area (Å²) in [5.74, 6) is -1.22. The van der Waals surface area contributed by atoms with E-state index in [1.54, 1.807) is 0 Å². The molecule has 1 unspecified atom stereocenters. The summed E-state index contributed by atoms with van der Waals surface area (Å²) in [4.78, 5) is 22.8. The monoisotopic (exact) mass is 263 g/mol. The van der Waals surface area contributed by atoms with Gasteiger partial charge in [0, 0.05) is 0 Å². The van der Waals surface area contributed by atoms with Crippen LogP contribution in [0.3, 0.4) is 0 Å². The van der Waals surface area contributed by atoms with Crippen molar-refractivity contribution in [2.45, 2.75) is 46.1 Å². The normalized spacial score (nSPS) is 11.9. The molecule has 0 saturated carbocycles. The Morgan fingerprint density at radius 2 is 1.95 bits per heavy atom. The number of amides is 1. The number of benzene rings is 1. The molecule has 4 heteroatoms. The van der Waals surface area contributed by atoms with Crippen molar-refractivity contribution in [2.24, 2.45) is 0 Å². The fraction of sp³-hybridized carbons (Fsp3) is 0.467. The molecule has 0 aromatic heterocycles. The van der Waals surface area contributed by atoms with Gasteiger partial charge >= 0.3 is 5.97 Å². The van der Waals surface area contributed by atoms with Gasteiger partial charge in [0.2, 0.25) is 5.91 Å². The van der Waals surface area contributed by atoms with Crippen LogP contribution in [0.2, 0.25) is 0 Å². The molecule has 0 heterocycles. The van der Waals surface area contributed by atoms with E-state index in [1.165, 1.54) is 5.56 Å². The Morgan fingerprint density at radius 3 is 2.47 bits per heavy atom. The Balaban J connectivity index is 2.63. The van der Waals surface area contributed by atoms with E-state index in [2.05, 4.69) is 5.32 Å². The van der Waals surface area contributed by atoms with Crippen molar-refractivity contribution in [1.82, 2.24) is 5.32 Å². The van der Waals surface area contributed by atoms with Crippen LogP contribution < -0.4 is 5.32 Å². The van der Waals surface area contributed by atoms with Gasteiger partial charge in [0.1, 0.15) is 6.04 Å². The van der Waals surface area contributed by atoms with Gasteiger partial charge < -0.3 is 10.4 Å². The summed E-state index contributed by atoms with van der Waals surface area (Å²) in [5.41, 5.74) is 3.22. The molecule has 1 amide bonds. The predicted molar refractivity (Wildman–Crippen MR) is 74.1 cm³/mol. The zero-order valence-electron chi connectivity index (χ0n) is 11.7. The van der Waals surface area contributed by atoms with Crippen molar-refractivity contribution in [1.29, 1.82) is 0 Å². The van der Waals surface area contributed by atoms with Gasteiger partial charge in [-0.15, -0.1) is 0 Å². The standard InChI is InChI=1S/C15H21NO3/c1-4-5-13(15(18)19)16-14(17)9-12-7-6-10(2)11(3)8-12/h6-8,13H,4-5,9H2,1-3H3,(H,16,17)(H,18,19). The van der Waals surface area contributed by atoms with Crippen LogP contribution in [0.4, 0.5) is 0 Å². The molecule has 1 aromatic rings. The minimum atomic E-state index is -0.977. The number of carbonyl (C=O) groups excluding carboxylic acids is 1. The second kappa shape index (κ2) is 6.92. The number of aryl methyl sites for hydroxylation is 2. The first-order valence-corrected chi connectivity index (χ1v) is 6.52. The lowest BCUT2D eigenvalue weighted by Crippen LogP contribution is -2.41. The first-order valence-electron chi connectivity index (χ1n) is 6.52. The molecular formula is C15H21NO3. The maximum Gasteiger partial charge on any atom is 0.326 e. The number of carboxylic acids is 1. The zero-order valence-corrected chi connectivity index (χ0v) is 11.7. The van der Waals surface area contributed by atoms with Crippen LogP contribution in [0.15, 0.2) is 18.2 Å². The average molecular weight is 263 g/mol. The van der Waals surface area contributed by atoms with Crippen LogP contribution >= 0.6 is 0 Å². The van der Waals surface area contributed by atoms with Crippen molar-refractivity contribution in [3.63, 3.8) is 0 Å². The molecule has 0 bridgehead atoms. The Kier molecular flexibility index (Phi) is 5.55. The summed E-state index contributed by atoms with van der Waals surface area (Å²) in [6.45, 7) is 5.90. The molecule has 0 saturated heterocycles. The van der Waals surface area contributed by atoms with Gasteiger partial charge in [-0.25, -0.2) is 4.79 Å². The zero-order chi connectivity index (χ0) is 14.4. The highest BCUT2D eigenvalue weighted by molar-refractivity contribution is 5.84. The minimum absolute atomic E-state index is 0.217. The number of rotatable bonds is 6. The van der Waals surface area contributed by atoms with Gasteiger partial charge in [-0.05, 0) is 37.0 Å². The third-order valence-corrected chi connectivity index (χ3v) is 3.15. The summed E-state index contributed by atoms with van der Waals surface area (Å²) < 4.78 is 0. The van der Waals surface area contributed by atoms with Crippen LogP contribution in [0.25, 0.3) is 0 Å². The van der Waals surface area contributed by atoms with Crippen molar-refractivity contribution in [3.05, 3.63) is 34.9 Å². The van der Waals surface area contributed by atoms with Crippen molar-refractivity contribution >= 4 is 11.9 Å². The van der Waals surface area contributed by atoms with E-state index in [1.807, 2.05) is 39.0 Å². The summed E-state index contributed by atoms with van der Waals surface area (Å²) in [7, 11) is 0. The SMILES string of the molecule is CCCC(NC(=O)Cc1ccc(C)c(C)c1)C(=O)O. The number of hydrogen-bond acceptors (Lipinski definition) is 2. The van der Waals surface area contributed by atoms with E-state index < -0.39 is 12.0 Å². The molecule has 1 rings (SSSR count). The maximum atomic E-state index is 11.8. The van der Waals surface area contributed by atoms with E-state index in [0.29, 0.717) is 6.42 Å². The summed E-state index contributed by atoms with van der Waals surface area (Å²) in [6, 6.07) is 5.05. The first-order chi connectivity index (χ1) is 8.93. The lowest BCUT2D eigenvalue weighted by molar-refractivity contribution is -0.141. The van der Waals surface area contributed by atoms with Crippen LogP contribution in [0, 0.1) is 13.8 Å². The van der Waals surface area contributed by atoms with E-state index >= 15 is 0 Å². The second-order valence-electron chi connectivity index (χ2n) is 4.84. The summed E-state index contributed by atoms with van der Waals surface area (Å²) >= 11 is 0. The van der Waals surface area contributed by atoms with Gasteiger partial charge in [0.15, 0.2) is 0 Å². The Bertz CT molecular complexity index is 468. The third-order valence-electron chi connectivity index (χ3n) is 3.15. The molecule has 104 valence electrons. The van der Waals surface area contributed by atoms with Gasteiger partial charge in [-0.3, -0.25) is 4.79 Å². The van der Waals surface area contributed by atoms with Crippen molar-refractivity contribution < 1.29 is 14.7 Å². The molecule has 0 fully saturated rings. The van der Waals surface area contributed by atoms with E-state index in [9.17, 15) is 9.59 Å². The van der Waals surface area contributed by atoms with E-state index in [4.69, 9.17) is 5.11 Å². The topological polar surface area (TPSA) is 66.4 Å². The molecule has 4 nitrogen and oxygen atoms in total. The van der Waals surface area contributed by atoms with Crippen LogP contribution in [0.5, 0.6) is 0 Å². The molecule has 0 aliphatic rings. The molecule has 0 radical (unpaired) electrons. The fourth-order valence-electron chi connectivity index (χ4n) is 1.89. The smallest absolute Gasteiger partial charge is 0.326 e. The third kappa shape index (κ3) is 4.73. The summed E-state index contributed by atoms with van der Waals surface area (Å²) in [6.07, 6.45) is 1.39. The second-order valence-corrected chi connectivity index (χ2v) is 4.84. The molecule has 19 heavy (non-hydrogen) atoms. The lowest BCUT2D eigenvalue weighted by atomic mass is 10.0. The van der Waals surface area contributed by atoms with Crippen LogP contribution in [-0.2, 0) is 16.0 Å². The van der Waals surface area contributed by atoms with Gasteiger partial charge in [0.25, 0.3) is 0 Å². The molecule has 1 aromatic carbocycles. The summed E-state index contributed by atoms with van der Waals surface area (Å²) in [5, 5.41) is 11.5. The van der Waals surface area contributed by atoms with E-state index in [0.717, 1.165) is 17.5 Å². The number of aliphatic carboxylic acids is 1. The number of carboxylic acid groups (broad SMARTS) is 1. The quantitative estimate of drug-likeness (QED) is 0.827. The van der Waals surface area contributed by atoms with E-state index in [-0.39, 0.29) is 12.3 Å². The number of hydrogen-bond donors (Lipinski definition) is 2. The van der Waals surface area contributed by atoms with Crippen LogP contribution in [0.1, 0.15) is 36.5 Å². The predicted octanol–water partition coefficient (Wildman–Crippen LogP) is 2.22. The molecule has 2 N–H and O–H groups in total. The lowest BCUT2D eigenvalue weighted by Gasteiger charge is -2.13. The molecule has 0 spiro atoms. The highest BCUT2D eigenvalue weighted by atomic mass is 16.4. The number of carbonyl (C=O) groups is 2. The van der Waals surface area contributed by atoms with Gasteiger partial charge in [0.05, 0.1) is 6.42 Å². The Labute approximate surface area is 113 Å². The molecule has 0 aliphatic heterocycles. The van der Waals surface area contributed by atoms with Crippen molar-refractivity contribution in [3.8, 4) is 0 Å². The highest BCUT2D eigenvalue weighted by Crippen LogP contribution is 2.10. The first kappa shape index (κ1) is 15.2.